The molecule has 0 saturated carbocycles. The largest absolute Gasteiger partial charge is 0.484 e. The molecule has 2 amide bonds. The van der Waals surface area contributed by atoms with Crippen molar-refractivity contribution in [3.05, 3.63) is 101 Å². The summed E-state index contributed by atoms with van der Waals surface area (Å²) in [7, 11) is 1.59. The van der Waals surface area contributed by atoms with Crippen LogP contribution in [0.2, 0.25) is 0 Å². The molecule has 3 rings (SSSR count). The van der Waals surface area contributed by atoms with Crippen molar-refractivity contribution >= 4 is 27.7 Å². The normalized spacial score (nSPS) is 11.4. The van der Waals surface area contributed by atoms with Crippen LogP contribution >= 0.6 is 15.9 Å². The van der Waals surface area contributed by atoms with Crippen molar-refractivity contribution in [2.75, 3.05) is 13.7 Å². The molecule has 0 radical (unpaired) electrons. The molecule has 1 atom stereocenters. The average Bonchev–Trinajstić information content (AvgIpc) is 2.81. The summed E-state index contributed by atoms with van der Waals surface area (Å²) >= 11 is 3.43. The highest BCUT2D eigenvalue weighted by Gasteiger charge is 2.30. The monoisotopic (exact) mass is 480 g/mol. The molecule has 1 N–H and O–H groups in total. The van der Waals surface area contributed by atoms with Crippen molar-refractivity contribution in [3.8, 4) is 5.75 Å². The van der Waals surface area contributed by atoms with Gasteiger partial charge in [-0.05, 0) is 35.4 Å². The van der Waals surface area contributed by atoms with Gasteiger partial charge in [0.1, 0.15) is 11.8 Å². The highest BCUT2D eigenvalue weighted by molar-refractivity contribution is 9.10. The standard InChI is InChI=1S/C25H25BrN2O3/c1-27-25(30)23(16-19-8-4-2-5-9-19)28(17-20-12-14-21(26)15-13-20)24(29)18-31-22-10-6-3-7-11-22/h2-15,23H,16-18H2,1H3,(H,27,30)/t23-/m0/s1. The van der Waals surface area contributed by atoms with Gasteiger partial charge in [-0.25, -0.2) is 0 Å². The molecule has 0 saturated heterocycles. The van der Waals surface area contributed by atoms with Crippen LogP contribution in [-0.2, 0) is 22.6 Å². The first-order valence-corrected chi connectivity index (χ1v) is 10.8. The van der Waals surface area contributed by atoms with Crippen molar-refractivity contribution in [1.82, 2.24) is 10.2 Å². The van der Waals surface area contributed by atoms with Gasteiger partial charge in [-0.1, -0.05) is 76.6 Å². The van der Waals surface area contributed by atoms with Crippen LogP contribution in [0.4, 0.5) is 0 Å². The molecule has 31 heavy (non-hydrogen) atoms. The lowest BCUT2D eigenvalue weighted by Crippen LogP contribution is -2.51. The summed E-state index contributed by atoms with van der Waals surface area (Å²) in [5.74, 6) is 0.143. The van der Waals surface area contributed by atoms with Gasteiger partial charge in [0.05, 0.1) is 0 Å². The van der Waals surface area contributed by atoms with Crippen LogP contribution in [0.15, 0.2) is 89.4 Å². The fourth-order valence-corrected chi connectivity index (χ4v) is 3.52. The molecule has 3 aromatic carbocycles. The van der Waals surface area contributed by atoms with E-state index in [0.717, 1.165) is 15.6 Å². The number of nitrogens with zero attached hydrogens (tertiary/aromatic N) is 1. The maximum atomic E-state index is 13.3. The molecule has 0 aromatic heterocycles. The second-order valence-electron chi connectivity index (χ2n) is 7.07. The number of halogens is 1. The topological polar surface area (TPSA) is 58.6 Å². The van der Waals surface area contributed by atoms with Gasteiger partial charge in [-0.2, -0.15) is 0 Å². The number of hydrogen-bond acceptors (Lipinski definition) is 3. The third-order valence-electron chi connectivity index (χ3n) is 4.89. The minimum atomic E-state index is -0.664. The van der Waals surface area contributed by atoms with E-state index in [2.05, 4.69) is 21.2 Å². The van der Waals surface area contributed by atoms with Crippen molar-refractivity contribution in [2.45, 2.75) is 19.0 Å². The zero-order valence-corrected chi connectivity index (χ0v) is 18.9. The van der Waals surface area contributed by atoms with Gasteiger partial charge in [0.2, 0.25) is 5.91 Å². The first kappa shape index (κ1) is 22.6. The van der Waals surface area contributed by atoms with E-state index in [9.17, 15) is 9.59 Å². The second kappa shape index (κ2) is 11.3. The Hall–Kier alpha value is -3.12. The number of hydrogen-bond donors (Lipinski definition) is 1. The molecule has 0 heterocycles. The van der Waals surface area contributed by atoms with Gasteiger partial charge in [-0.15, -0.1) is 0 Å². The summed E-state index contributed by atoms with van der Waals surface area (Å²) in [5, 5.41) is 2.71. The summed E-state index contributed by atoms with van der Waals surface area (Å²) < 4.78 is 6.64. The molecule has 3 aromatic rings. The molecule has 0 aliphatic rings. The summed E-state index contributed by atoms with van der Waals surface area (Å²) in [4.78, 5) is 27.7. The highest BCUT2D eigenvalue weighted by atomic mass is 79.9. The smallest absolute Gasteiger partial charge is 0.261 e. The van der Waals surface area contributed by atoms with Gasteiger partial charge >= 0.3 is 0 Å². The average molecular weight is 481 g/mol. The molecule has 0 aliphatic carbocycles. The van der Waals surface area contributed by atoms with Crippen LogP contribution in [0.5, 0.6) is 5.75 Å². The minimum Gasteiger partial charge on any atom is -0.484 e. The summed E-state index contributed by atoms with van der Waals surface area (Å²) in [6, 6.07) is 25.9. The number of ether oxygens (including phenoxy) is 1. The van der Waals surface area contributed by atoms with Gasteiger partial charge < -0.3 is 15.0 Å². The van der Waals surface area contributed by atoms with E-state index in [1.807, 2.05) is 72.8 Å². The van der Waals surface area contributed by atoms with Crippen molar-refractivity contribution < 1.29 is 14.3 Å². The van der Waals surface area contributed by atoms with Crippen LogP contribution < -0.4 is 10.1 Å². The molecular weight excluding hydrogens is 456 g/mol. The molecule has 6 heteroatoms. The van der Waals surface area contributed by atoms with E-state index in [-0.39, 0.29) is 18.4 Å². The molecule has 5 nitrogen and oxygen atoms in total. The molecular formula is C25H25BrN2O3. The highest BCUT2D eigenvalue weighted by Crippen LogP contribution is 2.17. The van der Waals surface area contributed by atoms with E-state index >= 15 is 0 Å². The minimum absolute atomic E-state index is 0.150. The fourth-order valence-electron chi connectivity index (χ4n) is 3.25. The number of rotatable bonds is 9. The van der Waals surface area contributed by atoms with E-state index in [0.29, 0.717) is 18.7 Å². The van der Waals surface area contributed by atoms with Crippen molar-refractivity contribution in [3.63, 3.8) is 0 Å². The van der Waals surface area contributed by atoms with Crippen LogP contribution in [-0.4, -0.2) is 36.4 Å². The molecule has 0 bridgehead atoms. The number of carbonyl (C=O) groups is 2. The Morgan fingerprint density at radius 1 is 0.903 bits per heavy atom. The number of carbonyl (C=O) groups excluding carboxylic acids is 2. The Labute approximate surface area is 191 Å². The van der Waals surface area contributed by atoms with Crippen molar-refractivity contribution in [1.29, 1.82) is 0 Å². The van der Waals surface area contributed by atoms with E-state index in [1.165, 1.54) is 0 Å². The maximum absolute atomic E-state index is 13.3. The fraction of sp³-hybridized carbons (Fsp3) is 0.200. The number of benzene rings is 3. The summed E-state index contributed by atoms with van der Waals surface area (Å²) in [6.07, 6.45) is 0.411. The lowest BCUT2D eigenvalue weighted by Gasteiger charge is -2.31. The Morgan fingerprint density at radius 2 is 1.52 bits per heavy atom. The third-order valence-corrected chi connectivity index (χ3v) is 5.42. The van der Waals surface area contributed by atoms with Crippen LogP contribution in [0.25, 0.3) is 0 Å². The van der Waals surface area contributed by atoms with Gasteiger partial charge in [0.15, 0.2) is 6.61 Å². The summed E-state index contributed by atoms with van der Waals surface area (Å²) in [6.45, 7) is 0.151. The zero-order chi connectivity index (χ0) is 22.1. The van der Waals surface area contributed by atoms with E-state index in [4.69, 9.17) is 4.74 Å². The predicted molar refractivity (Wildman–Crippen MR) is 125 cm³/mol. The molecule has 0 aliphatic heterocycles. The third kappa shape index (κ3) is 6.69. The lowest BCUT2D eigenvalue weighted by molar-refractivity contribution is -0.142. The SMILES string of the molecule is CNC(=O)[C@H](Cc1ccccc1)N(Cc1ccc(Br)cc1)C(=O)COc1ccccc1. The van der Waals surface area contributed by atoms with Crippen LogP contribution in [0.3, 0.4) is 0 Å². The second-order valence-corrected chi connectivity index (χ2v) is 7.99. The van der Waals surface area contributed by atoms with E-state index < -0.39 is 6.04 Å². The number of likely N-dealkylation sites (N-methyl/N-ethyl adjacent to an activating group) is 1. The molecule has 160 valence electrons. The Kier molecular flexibility index (Phi) is 8.24. The number of amides is 2. The zero-order valence-electron chi connectivity index (χ0n) is 17.3. The molecule has 0 spiro atoms. The van der Waals surface area contributed by atoms with Gasteiger partial charge in [0, 0.05) is 24.5 Å². The Morgan fingerprint density at radius 3 is 2.13 bits per heavy atom. The Bertz CT molecular complexity index is 979. The number of nitrogens with one attached hydrogen (secondary N) is 1. The maximum Gasteiger partial charge on any atom is 0.261 e. The predicted octanol–water partition coefficient (Wildman–Crippen LogP) is 4.21. The summed E-state index contributed by atoms with van der Waals surface area (Å²) in [5.41, 5.74) is 1.91. The Balaban J connectivity index is 1.86. The molecule has 0 fully saturated rings. The quantitative estimate of drug-likeness (QED) is 0.498. The number of para-hydroxylation sites is 1. The van der Waals surface area contributed by atoms with E-state index in [1.54, 1.807) is 24.1 Å². The van der Waals surface area contributed by atoms with Gasteiger partial charge in [-0.3, -0.25) is 9.59 Å². The van der Waals surface area contributed by atoms with Crippen LogP contribution in [0, 0.1) is 0 Å². The molecule has 0 unspecified atom stereocenters. The van der Waals surface area contributed by atoms with Gasteiger partial charge in [0.25, 0.3) is 5.91 Å². The first-order valence-electron chi connectivity index (χ1n) is 10.0. The lowest BCUT2D eigenvalue weighted by atomic mass is 10.0. The van der Waals surface area contributed by atoms with Crippen molar-refractivity contribution in [2.24, 2.45) is 0 Å². The van der Waals surface area contributed by atoms with Crippen LogP contribution in [0.1, 0.15) is 11.1 Å². The first-order chi connectivity index (χ1) is 15.1.